The van der Waals surface area contributed by atoms with Crippen LogP contribution in [-0.4, -0.2) is 10.1 Å². The fraction of sp³-hybridized carbons (Fsp3) is 0. The summed E-state index contributed by atoms with van der Waals surface area (Å²) < 4.78 is 0. The van der Waals surface area contributed by atoms with Crippen LogP contribution in [0.1, 0.15) is 0 Å². The second-order valence-corrected chi connectivity index (χ2v) is 5.20. The van der Waals surface area contributed by atoms with Crippen LogP contribution in [-0.2, 0) is 0 Å². The van der Waals surface area contributed by atoms with Crippen molar-refractivity contribution in [2.24, 2.45) is 0 Å². The van der Waals surface area contributed by atoms with Crippen LogP contribution in [0.4, 0.5) is 5.69 Å². The summed E-state index contributed by atoms with van der Waals surface area (Å²) in [5.74, 6) is 0.254. The van der Waals surface area contributed by atoms with Gasteiger partial charge in [0.05, 0.1) is 0 Å². The van der Waals surface area contributed by atoms with Crippen molar-refractivity contribution in [3.63, 3.8) is 0 Å². The molecule has 0 amide bonds. The lowest BCUT2D eigenvalue weighted by Gasteiger charge is -2.07. The first kappa shape index (κ1) is 11.9. The van der Waals surface area contributed by atoms with Crippen LogP contribution in [0.3, 0.4) is 0 Å². The number of hydrogen-bond acceptors (Lipinski definition) is 2. The number of benzene rings is 3. The predicted molar refractivity (Wildman–Crippen MR) is 87.3 cm³/mol. The largest absolute Gasteiger partial charge is 0.508 e. The van der Waals surface area contributed by atoms with E-state index in [-0.39, 0.29) is 5.75 Å². The lowest BCUT2D eigenvalue weighted by atomic mass is 10.0. The van der Waals surface area contributed by atoms with Gasteiger partial charge in [-0.05, 0) is 35.9 Å². The number of phenols is 1. The molecule has 0 saturated carbocycles. The standard InChI is InChI=1S/C18H14N2O/c19-16-9-15-13-3-1-2-4-17(13)20-18(15)10-14(16)11-5-7-12(21)8-6-11/h1-10,20-21H,19H2. The summed E-state index contributed by atoms with van der Waals surface area (Å²) in [5.41, 5.74) is 11.1. The minimum atomic E-state index is 0.254. The Hall–Kier alpha value is -2.94. The molecule has 0 bridgehead atoms. The fourth-order valence-corrected chi connectivity index (χ4v) is 2.81. The summed E-state index contributed by atoms with van der Waals surface area (Å²) in [4.78, 5) is 3.42. The van der Waals surface area contributed by atoms with Crippen LogP contribution in [0, 0.1) is 0 Å². The highest BCUT2D eigenvalue weighted by Gasteiger charge is 2.09. The lowest BCUT2D eigenvalue weighted by molar-refractivity contribution is 0.475. The Kier molecular flexibility index (Phi) is 2.42. The minimum Gasteiger partial charge on any atom is -0.508 e. The monoisotopic (exact) mass is 274 g/mol. The number of aromatic hydroxyl groups is 1. The summed E-state index contributed by atoms with van der Waals surface area (Å²) in [6, 6.07) is 19.4. The van der Waals surface area contributed by atoms with E-state index < -0.39 is 0 Å². The van der Waals surface area contributed by atoms with Crippen LogP contribution < -0.4 is 5.73 Å². The first-order valence-electron chi connectivity index (χ1n) is 6.82. The molecule has 1 aromatic heterocycles. The minimum absolute atomic E-state index is 0.254. The molecule has 1 heterocycles. The van der Waals surface area contributed by atoms with Gasteiger partial charge in [0.15, 0.2) is 0 Å². The van der Waals surface area contributed by atoms with Crippen molar-refractivity contribution < 1.29 is 5.11 Å². The third-order valence-electron chi connectivity index (χ3n) is 3.85. The molecule has 0 aliphatic carbocycles. The molecule has 3 heteroatoms. The first-order valence-corrected chi connectivity index (χ1v) is 6.82. The molecular weight excluding hydrogens is 260 g/mol. The maximum atomic E-state index is 9.40. The van der Waals surface area contributed by atoms with Gasteiger partial charge in [0.25, 0.3) is 0 Å². The van der Waals surface area contributed by atoms with E-state index in [1.807, 2.05) is 30.3 Å². The zero-order valence-electron chi connectivity index (χ0n) is 11.3. The van der Waals surface area contributed by atoms with Crippen molar-refractivity contribution >= 4 is 27.5 Å². The molecule has 3 aromatic carbocycles. The molecule has 21 heavy (non-hydrogen) atoms. The van der Waals surface area contributed by atoms with E-state index in [2.05, 4.69) is 23.2 Å². The number of fused-ring (bicyclic) bond motifs is 3. The maximum Gasteiger partial charge on any atom is 0.115 e. The molecule has 4 N–H and O–H groups in total. The van der Waals surface area contributed by atoms with Gasteiger partial charge < -0.3 is 15.8 Å². The molecule has 102 valence electrons. The second-order valence-electron chi connectivity index (χ2n) is 5.20. The molecule has 0 atom stereocenters. The molecule has 0 aliphatic heterocycles. The summed E-state index contributed by atoms with van der Waals surface area (Å²) in [5, 5.41) is 11.7. The summed E-state index contributed by atoms with van der Waals surface area (Å²) in [7, 11) is 0. The number of aromatic amines is 1. The van der Waals surface area contributed by atoms with Crippen molar-refractivity contribution in [2.45, 2.75) is 0 Å². The van der Waals surface area contributed by atoms with Crippen LogP contribution in [0.25, 0.3) is 32.9 Å². The third kappa shape index (κ3) is 1.82. The molecule has 0 spiro atoms. The van der Waals surface area contributed by atoms with E-state index in [1.54, 1.807) is 12.1 Å². The van der Waals surface area contributed by atoms with Gasteiger partial charge in [0.1, 0.15) is 5.75 Å². The zero-order chi connectivity index (χ0) is 14.4. The number of anilines is 1. The zero-order valence-corrected chi connectivity index (χ0v) is 11.3. The van der Waals surface area contributed by atoms with E-state index in [4.69, 9.17) is 5.73 Å². The van der Waals surface area contributed by atoms with Gasteiger partial charge in [0.2, 0.25) is 0 Å². The Labute approximate surface area is 121 Å². The van der Waals surface area contributed by atoms with Crippen molar-refractivity contribution in [1.82, 2.24) is 4.98 Å². The van der Waals surface area contributed by atoms with Gasteiger partial charge in [-0.1, -0.05) is 30.3 Å². The third-order valence-corrected chi connectivity index (χ3v) is 3.85. The number of nitrogens with two attached hydrogens (primary N) is 1. The molecule has 0 unspecified atom stereocenters. The van der Waals surface area contributed by atoms with Crippen LogP contribution in [0.2, 0.25) is 0 Å². The van der Waals surface area contributed by atoms with Gasteiger partial charge in [-0.25, -0.2) is 0 Å². The first-order chi connectivity index (χ1) is 10.2. The van der Waals surface area contributed by atoms with Crippen molar-refractivity contribution in [3.05, 3.63) is 60.7 Å². The van der Waals surface area contributed by atoms with Gasteiger partial charge in [0, 0.05) is 33.1 Å². The van der Waals surface area contributed by atoms with Crippen molar-refractivity contribution in [1.29, 1.82) is 0 Å². The normalized spacial score (nSPS) is 11.2. The average molecular weight is 274 g/mol. The molecule has 4 aromatic rings. The van der Waals surface area contributed by atoms with Crippen molar-refractivity contribution in [2.75, 3.05) is 5.73 Å². The highest BCUT2D eigenvalue weighted by molar-refractivity contribution is 6.10. The quantitative estimate of drug-likeness (QED) is 0.454. The number of phenolic OH excluding ortho intramolecular Hbond substituents is 1. The van der Waals surface area contributed by atoms with Crippen molar-refractivity contribution in [3.8, 4) is 16.9 Å². The molecular formula is C18H14N2O. The van der Waals surface area contributed by atoms with Gasteiger partial charge >= 0.3 is 0 Å². The summed E-state index contributed by atoms with van der Waals surface area (Å²) >= 11 is 0. The van der Waals surface area contributed by atoms with Gasteiger partial charge in [-0.2, -0.15) is 0 Å². The topological polar surface area (TPSA) is 62.0 Å². The number of nitrogens with one attached hydrogen (secondary N) is 1. The Morgan fingerprint density at radius 3 is 2.38 bits per heavy atom. The van der Waals surface area contributed by atoms with E-state index >= 15 is 0 Å². The fourth-order valence-electron chi connectivity index (χ4n) is 2.81. The summed E-state index contributed by atoms with van der Waals surface area (Å²) in [6.07, 6.45) is 0. The number of hydrogen-bond donors (Lipinski definition) is 3. The smallest absolute Gasteiger partial charge is 0.115 e. The highest BCUT2D eigenvalue weighted by Crippen LogP contribution is 2.34. The number of rotatable bonds is 1. The number of nitrogen functional groups attached to an aromatic ring is 1. The maximum absolute atomic E-state index is 9.40. The van der Waals surface area contributed by atoms with Gasteiger partial charge in [-0.3, -0.25) is 0 Å². The molecule has 3 nitrogen and oxygen atoms in total. The molecule has 4 rings (SSSR count). The highest BCUT2D eigenvalue weighted by atomic mass is 16.3. The number of para-hydroxylation sites is 1. The van der Waals surface area contributed by atoms with Crippen LogP contribution >= 0.6 is 0 Å². The van der Waals surface area contributed by atoms with Crippen LogP contribution in [0.5, 0.6) is 5.75 Å². The van der Waals surface area contributed by atoms with E-state index in [9.17, 15) is 5.11 Å². The van der Waals surface area contributed by atoms with E-state index in [1.165, 1.54) is 5.39 Å². The Bertz CT molecular complexity index is 952. The van der Waals surface area contributed by atoms with E-state index in [0.29, 0.717) is 0 Å². The molecule has 0 saturated heterocycles. The van der Waals surface area contributed by atoms with E-state index in [0.717, 1.165) is 33.2 Å². The predicted octanol–water partition coefficient (Wildman–Crippen LogP) is 4.28. The van der Waals surface area contributed by atoms with Gasteiger partial charge in [-0.15, -0.1) is 0 Å². The number of aromatic nitrogens is 1. The molecule has 0 radical (unpaired) electrons. The molecule has 0 aliphatic rings. The van der Waals surface area contributed by atoms with Crippen LogP contribution in [0.15, 0.2) is 60.7 Å². The Morgan fingerprint density at radius 2 is 1.57 bits per heavy atom. The molecule has 0 fully saturated rings. The summed E-state index contributed by atoms with van der Waals surface area (Å²) in [6.45, 7) is 0. The number of H-pyrrole nitrogens is 1. The SMILES string of the molecule is Nc1cc2c(cc1-c1ccc(O)cc1)[nH]c1ccccc12. The second kappa shape index (κ2) is 4.28. The Balaban J connectivity index is 2.00. The lowest BCUT2D eigenvalue weighted by Crippen LogP contribution is -1.90. The Morgan fingerprint density at radius 1 is 0.810 bits per heavy atom. The average Bonchev–Trinajstić information content (AvgIpc) is 2.85.